The number of carbonyl (C=O) groups excluding carboxylic acids is 2. The molecule has 0 spiro atoms. The van der Waals surface area contributed by atoms with Crippen LogP contribution in [0.3, 0.4) is 0 Å². The van der Waals surface area contributed by atoms with E-state index >= 15 is 0 Å². The first-order valence-corrected chi connectivity index (χ1v) is 5.40. The van der Waals surface area contributed by atoms with Crippen LogP contribution in [0.25, 0.3) is 0 Å². The van der Waals surface area contributed by atoms with Crippen LogP contribution < -0.4 is 5.73 Å². The number of hydrogen-bond donors (Lipinski definition) is 1. The molecule has 0 bridgehead atoms. The van der Waals surface area contributed by atoms with Crippen molar-refractivity contribution in [3.05, 3.63) is 0 Å². The second-order valence-corrected chi connectivity index (χ2v) is 4.12. The maximum atomic E-state index is 11.6. The van der Waals surface area contributed by atoms with Gasteiger partial charge in [0.1, 0.15) is 0 Å². The molecule has 2 heterocycles. The lowest BCUT2D eigenvalue weighted by Gasteiger charge is -2.30. The summed E-state index contributed by atoms with van der Waals surface area (Å²) in [5, 5.41) is 0. The number of amides is 2. The number of piperidine rings is 1. The molecule has 0 aliphatic carbocycles. The summed E-state index contributed by atoms with van der Waals surface area (Å²) >= 11 is 0. The molecule has 2 fully saturated rings. The summed E-state index contributed by atoms with van der Waals surface area (Å²) in [5.41, 5.74) is 5.62. The lowest BCUT2D eigenvalue weighted by Crippen LogP contribution is -2.53. The highest BCUT2D eigenvalue weighted by atomic mass is 16.5. The Labute approximate surface area is 88.5 Å². The van der Waals surface area contributed by atoms with Gasteiger partial charge in [0.2, 0.25) is 11.8 Å². The Morgan fingerprint density at radius 1 is 1.40 bits per heavy atom. The number of likely N-dealkylation sites (tertiary alicyclic amines) is 1. The van der Waals surface area contributed by atoms with Gasteiger partial charge in [-0.15, -0.1) is 0 Å². The molecule has 2 rings (SSSR count). The molecule has 2 saturated heterocycles. The molecular formula is C10H16N2O3. The van der Waals surface area contributed by atoms with Crippen molar-refractivity contribution in [2.24, 2.45) is 5.73 Å². The number of nitrogens with two attached hydrogens (primary N) is 1. The van der Waals surface area contributed by atoms with Crippen LogP contribution in [0.4, 0.5) is 0 Å². The second-order valence-electron chi connectivity index (χ2n) is 4.12. The fourth-order valence-corrected chi connectivity index (χ4v) is 2.04. The molecule has 0 aromatic heterocycles. The summed E-state index contributed by atoms with van der Waals surface area (Å²) in [4.78, 5) is 24.4. The minimum absolute atomic E-state index is 0.0169. The Morgan fingerprint density at radius 3 is 2.87 bits per heavy atom. The zero-order chi connectivity index (χ0) is 10.8. The molecule has 84 valence electrons. The summed E-state index contributed by atoms with van der Waals surface area (Å²) in [7, 11) is 0. The Hall–Kier alpha value is -0.940. The van der Waals surface area contributed by atoms with Gasteiger partial charge in [-0.3, -0.25) is 14.5 Å². The standard InChI is InChI=1S/C10H16N2O3/c11-8-3-4-9(13)12(10(8)14)6-7-2-1-5-15-7/h7-8H,1-6,11H2. The monoisotopic (exact) mass is 212 g/mol. The summed E-state index contributed by atoms with van der Waals surface area (Å²) in [6.45, 7) is 1.11. The van der Waals surface area contributed by atoms with Crippen LogP contribution in [0, 0.1) is 0 Å². The van der Waals surface area contributed by atoms with Crippen LogP contribution >= 0.6 is 0 Å². The number of nitrogens with zero attached hydrogens (tertiary/aromatic N) is 1. The maximum Gasteiger partial charge on any atom is 0.246 e. The van der Waals surface area contributed by atoms with Crippen LogP contribution in [0.2, 0.25) is 0 Å². The molecule has 0 radical (unpaired) electrons. The van der Waals surface area contributed by atoms with Crippen LogP contribution in [0.5, 0.6) is 0 Å². The molecule has 2 aliphatic rings. The first kappa shape index (κ1) is 10.6. The van der Waals surface area contributed by atoms with E-state index in [4.69, 9.17) is 10.5 Å². The van der Waals surface area contributed by atoms with Crippen molar-refractivity contribution in [3.8, 4) is 0 Å². The van der Waals surface area contributed by atoms with Gasteiger partial charge in [0.05, 0.1) is 18.7 Å². The van der Waals surface area contributed by atoms with Crippen molar-refractivity contribution in [3.63, 3.8) is 0 Å². The van der Waals surface area contributed by atoms with Crippen LogP contribution in [0.1, 0.15) is 25.7 Å². The summed E-state index contributed by atoms with van der Waals surface area (Å²) < 4.78 is 5.40. The van der Waals surface area contributed by atoms with Crippen molar-refractivity contribution in [1.29, 1.82) is 0 Å². The van der Waals surface area contributed by atoms with Gasteiger partial charge in [0, 0.05) is 13.0 Å². The third-order valence-corrected chi connectivity index (χ3v) is 2.96. The zero-order valence-electron chi connectivity index (χ0n) is 8.65. The second kappa shape index (κ2) is 4.28. The van der Waals surface area contributed by atoms with Crippen molar-refractivity contribution in [1.82, 2.24) is 4.90 Å². The maximum absolute atomic E-state index is 11.6. The zero-order valence-corrected chi connectivity index (χ0v) is 8.65. The molecule has 2 aliphatic heterocycles. The topological polar surface area (TPSA) is 72.6 Å². The van der Waals surface area contributed by atoms with Crippen molar-refractivity contribution >= 4 is 11.8 Å². The van der Waals surface area contributed by atoms with E-state index in [0.717, 1.165) is 19.4 Å². The Kier molecular flexibility index (Phi) is 3.02. The van der Waals surface area contributed by atoms with Gasteiger partial charge in [-0.25, -0.2) is 0 Å². The van der Waals surface area contributed by atoms with Gasteiger partial charge in [-0.05, 0) is 19.3 Å². The lowest BCUT2D eigenvalue weighted by atomic mass is 10.0. The third-order valence-electron chi connectivity index (χ3n) is 2.96. The van der Waals surface area contributed by atoms with E-state index in [1.54, 1.807) is 0 Å². The highest BCUT2D eigenvalue weighted by Gasteiger charge is 2.34. The van der Waals surface area contributed by atoms with E-state index in [2.05, 4.69) is 0 Å². The van der Waals surface area contributed by atoms with Crippen molar-refractivity contribution < 1.29 is 14.3 Å². The molecule has 5 nitrogen and oxygen atoms in total. The molecule has 2 unspecified atom stereocenters. The predicted octanol–water partition coefficient (Wildman–Crippen LogP) is -0.358. The molecule has 0 saturated carbocycles. The smallest absolute Gasteiger partial charge is 0.246 e. The quantitative estimate of drug-likeness (QED) is 0.634. The van der Waals surface area contributed by atoms with Gasteiger partial charge in [0.15, 0.2) is 0 Å². The molecule has 0 aromatic carbocycles. The number of ether oxygens (including phenoxy) is 1. The number of hydrogen-bond acceptors (Lipinski definition) is 4. The number of carbonyl (C=O) groups is 2. The van der Waals surface area contributed by atoms with Gasteiger partial charge in [-0.1, -0.05) is 0 Å². The molecule has 2 atom stereocenters. The van der Waals surface area contributed by atoms with E-state index in [9.17, 15) is 9.59 Å². The average molecular weight is 212 g/mol. The van der Waals surface area contributed by atoms with Crippen LogP contribution in [-0.4, -0.2) is 42.0 Å². The largest absolute Gasteiger partial charge is 0.376 e. The van der Waals surface area contributed by atoms with Gasteiger partial charge < -0.3 is 10.5 Å². The van der Waals surface area contributed by atoms with Crippen LogP contribution in [-0.2, 0) is 14.3 Å². The molecule has 15 heavy (non-hydrogen) atoms. The minimum Gasteiger partial charge on any atom is -0.376 e. The summed E-state index contributed by atoms with van der Waals surface area (Å²) in [6, 6.07) is -0.510. The Morgan fingerprint density at radius 2 is 2.20 bits per heavy atom. The molecule has 5 heteroatoms. The number of imide groups is 1. The van der Waals surface area contributed by atoms with E-state index < -0.39 is 6.04 Å². The van der Waals surface area contributed by atoms with E-state index in [1.165, 1.54) is 4.90 Å². The van der Waals surface area contributed by atoms with Gasteiger partial charge >= 0.3 is 0 Å². The highest BCUT2D eigenvalue weighted by Crippen LogP contribution is 2.17. The Balaban J connectivity index is 1.98. The SMILES string of the molecule is NC1CCC(=O)N(CC2CCCO2)C1=O. The third kappa shape index (κ3) is 2.18. The van der Waals surface area contributed by atoms with Crippen molar-refractivity contribution in [2.45, 2.75) is 37.8 Å². The predicted molar refractivity (Wildman–Crippen MR) is 52.9 cm³/mol. The Bertz CT molecular complexity index is 274. The molecule has 2 N–H and O–H groups in total. The van der Waals surface area contributed by atoms with Crippen LogP contribution in [0.15, 0.2) is 0 Å². The minimum atomic E-state index is -0.510. The average Bonchev–Trinajstić information content (AvgIpc) is 2.71. The van der Waals surface area contributed by atoms with Gasteiger partial charge in [-0.2, -0.15) is 0 Å². The fraction of sp³-hybridized carbons (Fsp3) is 0.800. The van der Waals surface area contributed by atoms with E-state index in [1.807, 2.05) is 0 Å². The first-order chi connectivity index (χ1) is 7.18. The molecule has 0 aromatic rings. The highest BCUT2D eigenvalue weighted by molar-refractivity contribution is 6.00. The summed E-state index contributed by atoms with van der Waals surface area (Å²) in [6.07, 6.45) is 2.79. The summed E-state index contributed by atoms with van der Waals surface area (Å²) in [5.74, 6) is -0.362. The van der Waals surface area contributed by atoms with Gasteiger partial charge in [0.25, 0.3) is 0 Å². The van der Waals surface area contributed by atoms with E-state index in [0.29, 0.717) is 19.4 Å². The van der Waals surface area contributed by atoms with Crippen molar-refractivity contribution in [2.75, 3.05) is 13.2 Å². The van der Waals surface area contributed by atoms with E-state index in [-0.39, 0.29) is 17.9 Å². The fourth-order valence-electron chi connectivity index (χ4n) is 2.04. The normalized spacial score (nSPS) is 32.5. The number of rotatable bonds is 2. The molecule has 2 amide bonds. The first-order valence-electron chi connectivity index (χ1n) is 5.40. The lowest BCUT2D eigenvalue weighted by molar-refractivity contribution is -0.150. The molecular weight excluding hydrogens is 196 g/mol.